The number of anilines is 1. The van der Waals surface area contributed by atoms with Crippen molar-refractivity contribution in [3.8, 4) is 11.8 Å². The van der Waals surface area contributed by atoms with Gasteiger partial charge in [-0.3, -0.25) is 0 Å². The second kappa shape index (κ2) is 5.09. The zero-order valence-corrected chi connectivity index (χ0v) is 10.2. The van der Waals surface area contributed by atoms with Crippen LogP contribution in [-0.2, 0) is 0 Å². The smallest absolute Gasteiger partial charge is 0.121 e. The lowest BCUT2D eigenvalue weighted by molar-refractivity contribution is 0.410. The molecule has 1 aromatic carbocycles. The Kier molecular flexibility index (Phi) is 3.53. The molecule has 2 rings (SSSR count). The average molecular weight is 230 g/mol. The largest absolute Gasteiger partial charge is 0.497 e. The first kappa shape index (κ1) is 11.8. The fourth-order valence-corrected chi connectivity index (χ4v) is 2.64. The molecule has 0 atom stereocenters. The third kappa shape index (κ3) is 2.36. The van der Waals surface area contributed by atoms with Gasteiger partial charge in [0.05, 0.1) is 18.4 Å². The molecular formula is C14H18N2O. The minimum absolute atomic E-state index is 0.468. The van der Waals surface area contributed by atoms with Crippen molar-refractivity contribution in [3.63, 3.8) is 0 Å². The van der Waals surface area contributed by atoms with Crippen molar-refractivity contribution in [3.05, 3.63) is 23.3 Å². The van der Waals surface area contributed by atoms with Crippen molar-refractivity contribution < 1.29 is 4.74 Å². The van der Waals surface area contributed by atoms with E-state index in [4.69, 9.17) is 10.5 Å². The van der Waals surface area contributed by atoms with Crippen LogP contribution in [0.3, 0.4) is 0 Å². The number of nitriles is 1. The van der Waals surface area contributed by atoms with Gasteiger partial charge in [0, 0.05) is 6.07 Å². The molecule has 0 radical (unpaired) electrons. The lowest BCUT2D eigenvalue weighted by Gasteiger charge is -2.23. The molecule has 0 aliphatic heterocycles. The number of benzene rings is 1. The SMILES string of the molecule is COc1cc(N)c(C#N)c(C2CCCCC2)c1. The van der Waals surface area contributed by atoms with Gasteiger partial charge in [0.2, 0.25) is 0 Å². The van der Waals surface area contributed by atoms with E-state index in [0.717, 1.165) is 24.2 Å². The maximum absolute atomic E-state index is 9.22. The van der Waals surface area contributed by atoms with E-state index < -0.39 is 0 Å². The van der Waals surface area contributed by atoms with Crippen LogP contribution in [0.2, 0.25) is 0 Å². The van der Waals surface area contributed by atoms with Crippen LogP contribution >= 0.6 is 0 Å². The molecule has 0 bridgehead atoms. The molecular weight excluding hydrogens is 212 g/mol. The molecule has 0 spiro atoms. The molecule has 1 aromatic rings. The summed E-state index contributed by atoms with van der Waals surface area (Å²) in [6.45, 7) is 0. The first-order chi connectivity index (χ1) is 8.26. The highest BCUT2D eigenvalue weighted by atomic mass is 16.5. The third-order valence-electron chi connectivity index (χ3n) is 3.57. The summed E-state index contributed by atoms with van der Waals surface area (Å²) < 4.78 is 5.24. The minimum Gasteiger partial charge on any atom is -0.497 e. The molecule has 17 heavy (non-hydrogen) atoms. The Labute approximate surface area is 102 Å². The molecule has 3 nitrogen and oxygen atoms in total. The Morgan fingerprint density at radius 1 is 1.29 bits per heavy atom. The van der Waals surface area contributed by atoms with Crippen molar-refractivity contribution in [1.29, 1.82) is 5.26 Å². The number of rotatable bonds is 2. The van der Waals surface area contributed by atoms with Crippen LogP contribution in [-0.4, -0.2) is 7.11 Å². The Balaban J connectivity index is 2.42. The number of methoxy groups -OCH3 is 1. The van der Waals surface area contributed by atoms with Gasteiger partial charge in [0.1, 0.15) is 11.8 Å². The van der Waals surface area contributed by atoms with Gasteiger partial charge in [0.25, 0.3) is 0 Å². The first-order valence-electron chi connectivity index (χ1n) is 6.13. The Hall–Kier alpha value is -1.69. The Morgan fingerprint density at radius 2 is 2.00 bits per heavy atom. The lowest BCUT2D eigenvalue weighted by Crippen LogP contribution is -2.08. The summed E-state index contributed by atoms with van der Waals surface area (Å²) in [5.74, 6) is 1.22. The fourth-order valence-electron chi connectivity index (χ4n) is 2.64. The standard InChI is InChI=1S/C14H18N2O/c1-17-11-7-12(10-5-3-2-4-6-10)13(9-15)14(16)8-11/h7-8,10H,2-6,16H2,1H3. The topological polar surface area (TPSA) is 59.0 Å². The summed E-state index contributed by atoms with van der Waals surface area (Å²) in [6.07, 6.45) is 6.10. The Morgan fingerprint density at radius 3 is 2.59 bits per heavy atom. The van der Waals surface area contributed by atoms with Crippen LogP contribution in [0.25, 0.3) is 0 Å². The highest BCUT2D eigenvalue weighted by Gasteiger charge is 2.20. The summed E-state index contributed by atoms with van der Waals surface area (Å²) in [6, 6.07) is 5.94. The molecule has 0 aromatic heterocycles. The van der Waals surface area contributed by atoms with Gasteiger partial charge < -0.3 is 10.5 Å². The normalized spacial score (nSPS) is 16.5. The molecule has 0 unspecified atom stereocenters. The number of hydrogen-bond donors (Lipinski definition) is 1. The van der Waals surface area contributed by atoms with Gasteiger partial charge in [-0.2, -0.15) is 5.26 Å². The highest BCUT2D eigenvalue weighted by molar-refractivity contribution is 5.62. The van der Waals surface area contributed by atoms with E-state index in [-0.39, 0.29) is 0 Å². The van der Waals surface area contributed by atoms with Gasteiger partial charge in [0.15, 0.2) is 0 Å². The Bertz CT molecular complexity index is 442. The van der Waals surface area contributed by atoms with Crippen LogP contribution in [0.5, 0.6) is 5.75 Å². The number of nitrogens with zero attached hydrogens (tertiary/aromatic N) is 1. The average Bonchev–Trinajstić information content (AvgIpc) is 2.38. The van der Waals surface area contributed by atoms with Crippen molar-refractivity contribution >= 4 is 5.69 Å². The van der Waals surface area contributed by atoms with Crippen LogP contribution < -0.4 is 10.5 Å². The summed E-state index contributed by atoms with van der Waals surface area (Å²) in [4.78, 5) is 0. The van der Waals surface area contributed by atoms with Crippen molar-refractivity contribution in [2.45, 2.75) is 38.0 Å². The van der Waals surface area contributed by atoms with Gasteiger partial charge in [-0.05, 0) is 30.4 Å². The summed E-state index contributed by atoms with van der Waals surface area (Å²) in [7, 11) is 1.63. The van der Waals surface area contributed by atoms with Crippen molar-refractivity contribution in [2.24, 2.45) is 0 Å². The second-order valence-electron chi connectivity index (χ2n) is 4.63. The van der Waals surface area contributed by atoms with Gasteiger partial charge >= 0.3 is 0 Å². The fraction of sp³-hybridized carbons (Fsp3) is 0.500. The number of nitrogen functional groups attached to an aromatic ring is 1. The van der Waals surface area contributed by atoms with E-state index >= 15 is 0 Å². The first-order valence-corrected chi connectivity index (χ1v) is 6.13. The van der Waals surface area contributed by atoms with Crippen molar-refractivity contribution in [1.82, 2.24) is 0 Å². The molecule has 1 saturated carbocycles. The third-order valence-corrected chi connectivity index (χ3v) is 3.57. The van der Waals surface area contributed by atoms with Gasteiger partial charge in [-0.1, -0.05) is 19.3 Å². The molecule has 0 saturated heterocycles. The van der Waals surface area contributed by atoms with Crippen LogP contribution in [0.4, 0.5) is 5.69 Å². The van der Waals surface area contributed by atoms with Crippen LogP contribution in [0.15, 0.2) is 12.1 Å². The molecule has 1 fully saturated rings. The predicted molar refractivity (Wildman–Crippen MR) is 67.9 cm³/mol. The van der Waals surface area contributed by atoms with E-state index in [9.17, 15) is 5.26 Å². The van der Waals surface area contributed by atoms with Crippen LogP contribution in [0, 0.1) is 11.3 Å². The van der Waals surface area contributed by atoms with Crippen LogP contribution in [0.1, 0.15) is 49.1 Å². The highest BCUT2D eigenvalue weighted by Crippen LogP contribution is 2.37. The predicted octanol–water partition coefficient (Wildman–Crippen LogP) is 3.20. The molecule has 90 valence electrons. The van der Waals surface area contributed by atoms with Gasteiger partial charge in [-0.15, -0.1) is 0 Å². The number of ether oxygens (including phenoxy) is 1. The van der Waals surface area contributed by atoms with Crippen molar-refractivity contribution in [2.75, 3.05) is 12.8 Å². The summed E-state index contributed by atoms with van der Waals surface area (Å²) >= 11 is 0. The number of hydrogen-bond acceptors (Lipinski definition) is 3. The molecule has 2 N–H and O–H groups in total. The molecule has 1 aliphatic rings. The van der Waals surface area contributed by atoms with Gasteiger partial charge in [-0.25, -0.2) is 0 Å². The van der Waals surface area contributed by atoms with E-state index in [1.807, 2.05) is 6.07 Å². The minimum atomic E-state index is 0.468. The monoisotopic (exact) mass is 230 g/mol. The van der Waals surface area contributed by atoms with E-state index in [2.05, 4.69) is 6.07 Å². The molecule has 0 amide bonds. The summed E-state index contributed by atoms with van der Waals surface area (Å²) in [5, 5.41) is 9.22. The zero-order chi connectivity index (χ0) is 12.3. The zero-order valence-electron chi connectivity index (χ0n) is 10.2. The number of nitrogens with two attached hydrogens (primary N) is 1. The summed E-state index contributed by atoms with van der Waals surface area (Å²) in [5.41, 5.74) is 8.16. The molecule has 0 heterocycles. The second-order valence-corrected chi connectivity index (χ2v) is 4.63. The van der Waals surface area contributed by atoms with E-state index in [1.165, 1.54) is 19.3 Å². The lowest BCUT2D eigenvalue weighted by atomic mass is 9.82. The maximum atomic E-state index is 9.22. The molecule has 3 heteroatoms. The maximum Gasteiger partial charge on any atom is 0.121 e. The quantitative estimate of drug-likeness (QED) is 0.794. The van der Waals surface area contributed by atoms with E-state index in [1.54, 1.807) is 13.2 Å². The van der Waals surface area contributed by atoms with E-state index in [0.29, 0.717) is 17.2 Å². The molecule has 1 aliphatic carbocycles.